The van der Waals surface area contributed by atoms with Gasteiger partial charge >= 0.3 is 6.03 Å². The number of hydrogen-bond acceptors (Lipinski definition) is 4. The Hall–Kier alpha value is -3.02. The van der Waals surface area contributed by atoms with Crippen LogP contribution in [0.5, 0.6) is 0 Å². The minimum absolute atomic E-state index is 0.0376. The third-order valence-corrected chi connectivity index (χ3v) is 5.15. The monoisotopic (exact) mass is 365 g/mol. The molecule has 6 heteroatoms. The van der Waals surface area contributed by atoms with Crippen LogP contribution in [0.3, 0.4) is 0 Å². The van der Waals surface area contributed by atoms with Crippen molar-refractivity contribution in [3.05, 3.63) is 78.0 Å². The van der Waals surface area contributed by atoms with Gasteiger partial charge in [0, 0.05) is 43.2 Å². The van der Waals surface area contributed by atoms with Crippen LogP contribution in [0.4, 0.5) is 4.79 Å². The van der Waals surface area contributed by atoms with Crippen LogP contribution >= 0.6 is 0 Å². The molecule has 140 valence electrons. The number of nitrogens with zero attached hydrogens (tertiary/aromatic N) is 3. The number of ether oxygens (including phenoxy) is 2. The van der Waals surface area contributed by atoms with Gasteiger partial charge in [0.25, 0.3) is 0 Å². The number of pyridine rings is 1. The summed E-state index contributed by atoms with van der Waals surface area (Å²) in [5, 5.41) is 0. The molecule has 27 heavy (non-hydrogen) atoms. The van der Waals surface area contributed by atoms with Crippen molar-refractivity contribution < 1.29 is 14.3 Å². The summed E-state index contributed by atoms with van der Waals surface area (Å²) >= 11 is 0. The van der Waals surface area contributed by atoms with Crippen LogP contribution in [0.25, 0.3) is 0 Å². The fraction of sp³-hybridized carbons (Fsp3) is 0.333. The summed E-state index contributed by atoms with van der Waals surface area (Å²) in [4.78, 5) is 20.7. The van der Waals surface area contributed by atoms with Gasteiger partial charge in [-0.15, -0.1) is 0 Å². The van der Waals surface area contributed by atoms with E-state index in [0.717, 1.165) is 37.1 Å². The van der Waals surface area contributed by atoms with Crippen molar-refractivity contribution in [3.8, 4) is 0 Å². The molecule has 0 aromatic carbocycles. The molecule has 2 aliphatic heterocycles. The number of amides is 2. The van der Waals surface area contributed by atoms with E-state index in [0.29, 0.717) is 18.2 Å². The number of likely N-dealkylation sites (tertiary alicyclic amines) is 1. The first-order valence-corrected chi connectivity index (χ1v) is 9.22. The molecule has 3 aliphatic rings. The zero-order valence-corrected chi connectivity index (χ0v) is 15.4. The van der Waals surface area contributed by atoms with E-state index >= 15 is 0 Å². The lowest BCUT2D eigenvalue weighted by atomic mass is 10.0. The van der Waals surface area contributed by atoms with Gasteiger partial charge in [-0.25, -0.2) is 4.79 Å². The molecule has 1 aromatic heterocycles. The van der Waals surface area contributed by atoms with Gasteiger partial charge < -0.3 is 14.4 Å². The standard InChI is InChI=1S/C21H23N3O3/c1-26-19-7-3-2-6-18(19)20-15-24(11-12-27-20)21(25)23-10-8-17(14-23)16-5-4-9-22-13-16/h3-5,7,9,11-13,15,17H,2,6,8,10,14H2,1H3. The lowest BCUT2D eigenvalue weighted by molar-refractivity contribution is 0.185. The summed E-state index contributed by atoms with van der Waals surface area (Å²) in [6, 6.07) is 3.98. The Morgan fingerprint density at radius 1 is 1.41 bits per heavy atom. The summed E-state index contributed by atoms with van der Waals surface area (Å²) in [5.41, 5.74) is 2.17. The number of hydrogen-bond donors (Lipinski definition) is 0. The molecule has 0 spiro atoms. The average Bonchev–Trinajstić information content (AvgIpc) is 3.24. The van der Waals surface area contributed by atoms with E-state index in [1.807, 2.05) is 23.2 Å². The van der Waals surface area contributed by atoms with Gasteiger partial charge in [-0.2, -0.15) is 0 Å². The second-order valence-corrected chi connectivity index (χ2v) is 6.79. The van der Waals surface area contributed by atoms with E-state index in [2.05, 4.69) is 17.1 Å². The molecule has 3 heterocycles. The van der Waals surface area contributed by atoms with Gasteiger partial charge in [-0.1, -0.05) is 12.1 Å². The maximum absolute atomic E-state index is 13.0. The van der Waals surface area contributed by atoms with E-state index in [1.165, 1.54) is 5.56 Å². The number of allylic oxidation sites excluding steroid dienone is 3. The van der Waals surface area contributed by atoms with Crippen LogP contribution in [0.15, 0.2) is 72.4 Å². The van der Waals surface area contributed by atoms with Gasteiger partial charge in [0.15, 0.2) is 0 Å². The summed E-state index contributed by atoms with van der Waals surface area (Å²) in [7, 11) is 1.65. The van der Waals surface area contributed by atoms with Crippen LogP contribution in [-0.4, -0.2) is 41.0 Å². The third-order valence-electron chi connectivity index (χ3n) is 5.15. The Bertz CT molecular complexity index is 826. The highest BCUT2D eigenvalue weighted by Crippen LogP contribution is 2.31. The number of methoxy groups -OCH3 is 1. The number of rotatable bonds is 3. The molecule has 1 fully saturated rings. The minimum atomic E-state index is -0.0376. The van der Waals surface area contributed by atoms with Crippen molar-refractivity contribution in [2.75, 3.05) is 20.2 Å². The third kappa shape index (κ3) is 3.60. The molecule has 6 nitrogen and oxygen atoms in total. The van der Waals surface area contributed by atoms with E-state index in [4.69, 9.17) is 9.47 Å². The van der Waals surface area contributed by atoms with Crippen LogP contribution in [0.1, 0.15) is 30.7 Å². The van der Waals surface area contributed by atoms with Crippen molar-refractivity contribution in [2.45, 2.75) is 25.2 Å². The highest BCUT2D eigenvalue weighted by molar-refractivity contribution is 5.77. The SMILES string of the molecule is COC1=C(C2=CN(C(=O)N3CCC(c4cccnc4)C3)C=CO2)CCC=C1. The summed E-state index contributed by atoms with van der Waals surface area (Å²) in [5.74, 6) is 1.78. The maximum Gasteiger partial charge on any atom is 0.328 e. The molecule has 1 aliphatic carbocycles. The van der Waals surface area contributed by atoms with Crippen molar-refractivity contribution in [2.24, 2.45) is 0 Å². The van der Waals surface area contributed by atoms with Gasteiger partial charge in [0.1, 0.15) is 17.8 Å². The second-order valence-electron chi connectivity index (χ2n) is 6.79. The lowest BCUT2D eigenvalue weighted by Crippen LogP contribution is -2.37. The molecule has 0 radical (unpaired) electrons. The van der Waals surface area contributed by atoms with E-state index in [9.17, 15) is 4.79 Å². The first-order valence-electron chi connectivity index (χ1n) is 9.22. The Labute approximate surface area is 159 Å². The van der Waals surface area contributed by atoms with Gasteiger partial charge in [0.2, 0.25) is 0 Å². The molecule has 0 bridgehead atoms. The zero-order chi connectivity index (χ0) is 18.6. The zero-order valence-electron chi connectivity index (χ0n) is 15.4. The topological polar surface area (TPSA) is 54.9 Å². The first kappa shape index (κ1) is 17.4. The fourth-order valence-electron chi connectivity index (χ4n) is 3.70. The van der Waals surface area contributed by atoms with Gasteiger partial charge in [0.05, 0.1) is 13.3 Å². The Kier molecular flexibility index (Phi) is 4.96. The quantitative estimate of drug-likeness (QED) is 0.816. The summed E-state index contributed by atoms with van der Waals surface area (Å²) in [6.45, 7) is 1.44. The van der Waals surface area contributed by atoms with Crippen molar-refractivity contribution in [1.29, 1.82) is 0 Å². The lowest BCUT2D eigenvalue weighted by Gasteiger charge is -2.27. The predicted octanol–water partition coefficient (Wildman–Crippen LogP) is 3.89. The predicted molar refractivity (Wildman–Crippen MR) is 101 cm³/mol. The van der Waals surface area contributed by atoms with Gasteiger partial charge in [-0.05, 0) is 37.0 Å². The Morgan fingerprint density at radius 3 is 3.15 bits per heavy atom. The highest BCUT2D eigenvalue weighted by Gasteiger charge is 2.30. The molecule has 1 aromatic rings. The van der Waals surface area contributed by atoms with Gasteiger partial charge in [-0.3, -0.25) is 9.88 Å². The van der Waals surface area contributed by atoms with Crippen molar-refractivity contribution >= 4 is 6.03 Å². The molecule has 1 saturated heterocycles. The van der Waals surface area contributed by atoms with E-state index in [-0.39, 0.29) is 6.03 Å². The fourth-order valence-corrected chi connectivity index (χ4v) is 3.70. The second kappa shape index (κ2) is 7.70. The van der Waals surface area contributed by atoms with Crippen LogP contribution in [-0.2, 0) is 9.47 Å². The molecule has 0 N–H and O–H groups in total. The van der Waals surface area contributed by atoms with Crippen molar-refractivity contribution in [1.82, 2.24) is 14.8 Å². The largest absolute Gasteiger partial charge is 0.496 e. The smallest absolute Gasteiger partial charge is 0.328 e. The Morgan fingerprint density at radius 2 is 2.33 bits per heavy atom. The number of urea groups is 1. The molecule has 1 atom stereocenters. The number of aromatic nitrogens is 1. The Balaban J connectivity index is 1.48. The molecular formula is C21H23N3O3. The molecule has 2 amide bonds. The highest BCUT2D eigenvalue weighted by atomic mass is 16.5. The van der Waals surface area contributed by atoms with Crippen molar-refractivity contribution in [3.63, 3.8) is 0 Å². The molecular weight excluding hydrogens is 342 g/mol. The molecule has 4 rings (SSSR count). The molecule has 0 saturated carbocycles. The van der Waals surface area contributed by atoms with Crippen LogP contribution in [0, 0.1) is 0 Å². The van der Waals surface area contributed by atoms with Crippen LogP contribution < -0.4 is 0 Å². The average molecular weight is 365 g/mol. The van der Waals surface area contributed by atoms with E-state index < -0.39 is 0 Å². The normalized spacial score (nSPS) is 22.0. The number of carbonyl (C=O) groups excluding carboxylic acids is 1. The molecule has 1 unspecified atom stereocenters. The summed E-state index contributed by atoms with van der Waals surface area (Å²) < 4.78 is 11.1. The number of carbonyl (C=O) groups is 1. The maximum atomic E-state index is 13.0. The summed E-state index contributed by atoms with van der Waals surface area (Å²) in [6.07, 6.45) is 15.4. The minimum Gasteiger partial charge on any atom is -0.496 e. The van der Waals surface area contributed by atoms with Crippen LogP contribution in [0.2, 0.25) is 0 Å². The van der Waals surface area contributed by atoms with E-state index in [1.54, 1.807) is 36.9 Å². The first-order chi connectivity index (χ1) is 13.3.